The van der Waals surface area contributed by atoms with Crippen LogP contribution in [0.25, 0.3) is 10.4 Å². The number of carbonyl (C=O) groups excluding carboxylic acids is 1. The van der Waals surface area contributed by atoms with E-state index in [4.69, 9.17) is 9.97 Å². The Bertz CT molecular complexity index is 1360. The van der Waals surface area contributed by atoms with Crippen molar-refractivity contribution in [3.05, 3.63) is 65.8 Å². The van der Waals surface area contributed by atoms with E-state index in [1.807, 2.05) is 31.6 Å². The number of rotatable bonds is 8. The van der Waals surface area contributed by atoms with Crippen molar-refractivity contribution in [2.75, 3.05) is 30.4 Å². The van der Waals surface area contributed by atoms with Gasteiger partial charge >= 0.3 is 0 Å². The Morgan fingerprint density at radius 1 is 0.927 bits per heavy atom. The van der Waals surface area contributed by atoms with Gasteiger partial charge in [-0.2, -0.15) is 0 Å². The molecule has 5 fully saturated rings. The smallest absolute Gasteiger partial charge is 0.230 e. The third kappa shape index (κ3) is 5.33. The first kappa shape index (κ1) is 27.1. The van der Waals surface area contributed by atoms with Gasteiger partial charge in [0, 0.05) is 50.6 Å². The van der Waals surface area contributed by atoms with Crippen LogP contribution in [0.2, 0.25) is 0 Å². The van der Waals surface area contributed by atoms with Gasteiger partial charge in [-0.3, -0.25) is 4.79 Å². The van der Waals surface area contributed by atoms with Crippen LogP contribution in [-0.4, -0.2) is 36.5 Å². The molecule has 0 aliphatic heterocycles. The summed E-state index contributed by atoms with van der Waals surface area (Å²) in [5.74, 6) is 2.17. The quantitative estimate of drug-likeness (QED) is 0.275. The molecule has 41 heavy (non-hydrogen) atoms. The highest BCUT2D eigenvalue weighted by atomic mass is 32.1. The molecule has 0 spiro atoms. The molecule has 1 aromatic carbocycles. The van der Waals surface area contributed by atoms with Gasteiger partial charge in [-0.25, -0.2) is 9.97 Å². The van der Waals surface area contributed by atoms with Crippen molar-refractivity contribution in [1.82, 2.24) is 9.97 Å². The number of pyridine rings is 1. The Labute approximate surface area is 249 Å². The van der Waals surface area contributed by atoms with Crippen LogP contribution in [-0.2, 0) is 10.2 Å². The molecule has 2 heterocycles. The highest BCUT2D eigenvalue weighted by Crippen LogP contribution is 2.58. The van der Waals surface area contributed by atoms with Crippen LogP contribution >= 0.6 is 11.3 Å². The van der Waals surface area contributed by atoms with E-state index in [2.05, 4.69) is 58.8 Å². The van der Waals surface area contributed by atoms with Crippen LogP contribution in [0.15, 0.2) is 48.8 Å². The first-order chi connectivity index (χ1) is 19.9. The average molecular weight is 568 g/mol. The van der Waals surface area contributed by atoms with Crippen LogP contribution in [0, 0.1) is 17.8 Å². The molecule has 8 rings (SSSR count). The molecule has 2 aromatic heterocycles. The molecule has 0 unspecified atom stereocenters. The lowest BCUT2D eigenvalue weighted by Crippen LogP contribution is -2.51. The van der Waals surface area contributed by atoms with Crippen molar-refractivity contribution in [3.63, 3.8) is 0 Å². The van der Waals surface area contributed by atoms with E-state index in [1.54, 1.807) is 0 Å². The number of benzene rings is 1. The standard InChI is InChI=1S/C35H43N4OS/c1-38(2)31-14-13-28(22-36-31)35-18-15-34(16-19-35,17-20-35)24-39(33(40)26-7-4-3-5-8-26)29-10-6-9-27(21-29)30-23-37-32(41-30)25-11-12-25/h3,6,9-10,13-14,21-23,25-26H,4-5,7-8,11-12,15-20,24H2,1-2H3. The van der Waals surface area contributed by atoms with E-state index in [0.717, 1.165) is 43.7 Å². The van der Waals surface area contributed by atoms with Gasteiger partial charge in [0.2, 0.25) is 5.91 Å². The van der Waals surface area contributed by atoms with Crippen LogP contribution in [0.4, 0.5) is 11.5 Å². The highest BCUT2D eigenvalue weighted by molar-refractivity contribution is 7.15. The molecule has 2 bridgehead atoms. The van der Waals surface area contributed by atoms with Gasteiger partial charge in [-0.15, -0.1) is 11.3 Å². The molecule has 5 nitrogen and oxygen atoms in total. The summed E-state index contributed by atoms with van der Waals surface area (Å²) in [4.78, 5) is 29.3. The Morgan fingerprint density at radius 2 is 1.68 bits per heavy atom. The molecule has 1 radical (unpaired) electrons. The summed E-state index contributed by atoms with van der Waals surface area (Å²) < 4.78 is 0. The predicted molar refractivity (Wildman–Crippen MR) is 169 cm³/mol. The molecule has 6 heteroatoms. The van der Waals surface area contributed by atoms with E-state index < -0.39 is 0 Å². The third-order valence-electron chi connectivity index (χ3n) is 10.7. The molecule has 5 saturated carbocycles. The zero-order valence-electron chi connectivity index (χ0n) is 24.6. The fraction of sp³-hybridized carbons (Fsp3) is 0.543. The van der Waals surface area contributed by atoms with Crippen molar-refractivity contribution in [2.45, 2.75) is 88.4 Å². The van der Waals surface area contributed by atoms with Crippen LogP contribution in [0.1, 0.15) is 93.5 Å². The van der Waals surface area contributed by atoms with E-state index in [1.165, 1.54) is 72.4 Å². The number of hydrogen-bond donors (Lipinski definition) is 0. The monoisotopic (exact) mass is 567 g/mol. The molecule has 5 aliphatic carbocycles. The van der Waals surface area contributed by atoms with E-state index >= 15 is 0 Å². The fourth-order valence-corrected chi connectivity index (χ4v) is 8.77. The van der Waals surface area contributed by atoms with Crippen LogP contribution in [0.5, 0.6) is 0 Å². The second-order valence-corrected chi connectivity index (χ2v) is 14.6. The van der Waals surface area contributed by atoms with Crippen molar-refractivity contribution in [1.29, 1.82) is 0 Å². The lowest BCUT2D eigenvalue weighted by molar-refractivity contribution is -0.123. The summed E-state index contributed by atoms with van der Waals surface area (Å²) in [6, 6.07) is 13.3. The van der Waals surface area contributed by atoms with E-state index in [9.17, 15) is 4.79 Å². The number of nitrogens with zero attached hydrogens (tertiary/aromatic N) is 4. The number of carbonyl (C=O) groups is 1. The SMILES string of the molecule is CN(C)c1ccc(C23CCC(CN(C(=O)C4CC[CH]CC4)c4cccc(-c5cnc(C6CC6)s5)c4)(CC2)CC3)cn1. The lowest BCUT2D eigenvalue weighted by Gasteiger charge is -2.55. The maximum Gasteiger partial charge on any atom is 0.230 e. The van der Waals surface area contributed by atoms with Crippen molar-refractivity contribution in [3.8, 4) is 10.4 Å². The molecule has 3 aromatic rings. The van der Waals surface area contributed by atoms with Gasteiger partial charge in [-0.05, 0) is 124 Å². The average Bonchev–Trinajstić information content (AvgIpc) is 3.77. The van der Waals surface area contributed by atoms with Gasteiger partial charge in [0.1, 0.15) is 5.82 Å². The number of amides is 1. The summed E-state index contributed by atoms with van der Waals surface area (Å²) in [7, 11) is 4.10. The Hall–Kier alpha value is -2.73. The minimum Gasteiger partial charge on any atom is -0.363 e. The number of fused-ring (bicyclic) bond motifs is 3. The second kappa shape index (κ2) is 10.8. The predicted octanol–water partition coefficient (Wildman–Crippen LogP) is 8.17. The minimum atomic E-state index is 0.137. The maximum absolute atomic E-state index is 14.3. The van der Waals surface area contributed by atoms with E-state index in [-0.39, 0.29) is 16.7 Å². The number of aromatic nitrogens is 2. The maximum atomic E-state index is 14.3. The van der Waals surface area contributed by atoms with E-state index in [0.29, 0.717) is 11.8 Å². The number of hydrogen-bond acceptors (Lipinski definition) is 5. The molecule has 5 aliphatic rings. The summed E-state index contributed by atoms with van der Waals surface area (Å²) in [5.41, 5.74) is 4.13. The molecule has 0 saturated heterocycles. The normalized spacial score (nSPS) is 26.2. The second-order valence-electron chi connectivity index (χ2n) is 13.5. The third-order valence-corrected chi connectivity index (χ3v) is 11.9. The molecule has 0 N–H and O–H groups in total. The van der Waals surface area contributed by atoms with Crippen molar-refractivity contribution in [2.24, 2.45) is 11.3 Å². The van der Waals surface area contributed by atoms with Gasteiger partial charge in [-0.1, -0.05) is 18.2 Å². The van der Waals surface area contributed by atoms with Gasteiger partial charge < -0.3 is 9.80 Å². The summed E-state index contributed by atoms with van der Waals surface area (Å²) >= 11 is 1.83. The Morgan fingerprint density at radius 3 is 2.34 bits per heavy atom. The number of anilines is 2. The highest BCUT2D eigenvalue weighted by Gasteiger charge is 2.50. The summed E-state index contributed by atoms with van der Waals surface area (Å²) in [5, 5.41) is 1.27. The van der Waals surface area contributed by atoms with Crippen LogP contribution in [0.3, 0.4) is 0 Å². The molecule has 0 atom stereocenters. The molecular formula is C35H43N4OS. The zero-order chi connectivity index (χ0) is 28.0. The van der Waals surface area contributed by atoms with Gasteiger partial charge in [0.15, 0.2) is 0 Å². The van der Waals surface area contributed by atoms with Crippen molar-refractivity contribution >= 4 is 28.7 Å². The summed E-state index contributed by atoms with van der Waals surface area (Å²) in [6.07, 6.45) is 20.3. The first-order valence-corrected chi connectivity index (χ1v) is 16.6. The molecule has 1 amide bonds. The first-order valence-electron chi connectivity index (χ1n) is 15.8. The van der Waals surface area contributed by atoms with Crippen molar-refractivity contribution < 1.29 is 4.79 Å². The summed E-state index contributed by atoms with van der Waals surface area (Å²) in [6.45, 7) is 0.847. The topological polar surface area (TPSA) is 49.3 Å². The Balaban J connectivity index is 1.14. The van der Waals surface area contributed by atoms with Crippen LogP contribution < -0.4 is 9.80 Å². The molecule has 215 valence electrons. The zero-order valence-corrected chi connectivity index (χ0v) is 25.5. The molecular weight excluding hydrogens is 524 g/mol. The Kier molecular flexibility index (Phi) is 7.17. The number of thiazole rings is 1. The van der Waals surface area contributed by atoms with Gasteiger partial charge in [0.05, 0.1) is 9.88 Å². The van der Waals surface area contributed by atoms with Gasteiger partial charge in [0.25, 0.3) is 0 Å². The fourth-order valence-electron chi connectivity index (χ4n) is 7.69. The largest absolute Gasteiger partial charge is 0.363 e. The lowest BCUT2D eigenvalue weighted by atomic mass is 9.52. The minimum absolute atomic E-state index is 0.137.